The molecule has 2 rings (SSSR count). The number of hydrogen-bond acceptors (Lipinski definition) is 3. The van der Waals surface area contributed by atoms with Crippen LogP contribution in [0, 0.1) is 12.7 Å². The fourth-order valence-electron chi connectivity index (χ4n) is 2.30. The van der Waals surface area contributed by atoms with Gasteiger partial charge in [-0.25, -0.2) is 17.5 Å². The van der Waals surface area contributed by atoms with Crippen molar-refractivity contribution in [3.8, 4) is 0 Å². The molecule has 0 heterocycles. The van der Waals surface area contributed by atoms with Gasteiger partial charge in [0.25, 0.3) is 0 Å². The van der Waals surface area contributed by atoms with E-state index in [1.165, 1.54) is 12.1 Å². The maximum absolute atomic E-state index is 13.6. The van der Waals surface area contributed by atoms with Crippen molar-refractivity contribution in [2.24, 2.45) is 0 Å². The maximum Gasteiger partial charge on any atom is 0.240 e. The van der Waals surface area contributed by atoms with E-state index in [0.717, 1.165) is 11.6 Å². The van der Waals surface area contributed by atoms with E-state index < -0.39 is 15.8 Å². The van der Waals surface area contributed by atoms with Crippen LogP contribution < -0.4 is 4.72 Å². The van der Waals surface area contributed by atoms with E-state index in [-0.39, 0.29) is 24.0 Å². The van der Waals surface area contributed by atoms with Gasteiger partial charge in [-0.3, -0.25) is 0 Å². The fraction of sp³-hybridized carbons (Fsp3) is 0.294. The van der Waals surface area contributed by atoms with E-state index in [1.54, 1.807) is 6.92 Å². The van der Waals surface area contributed by atoms with Gasteiger partial charge in [-0.1, -0.05) is 36.4 Å². The quantitative estimate of drug-likeness (QED) is 0.816. The molecule has 2 N–H and O–H groups in total. The van der Waals surface area contributed by atoms with E-state index in [4.69, 9.17) is 0 Å². The average Bonchev–Trinajstić information content (AvgIpc) is 2.54. The lowest BCUT2D eigenvalue weighted by atomic mass is 9.96. The van der Waals surface area contributed by atoms with E-state index in [2.05, 4.69) is 4.72 Å². The molecular formula is C17H20FNO3S. The van der Waals surface area contributed by atoms with Crippen molar-refractivity contribution >= 4 is 10.0 Å². The lowest BCUT2D eigenvalue weighted by Gasteiger charge is -2.17. The van der Waals surface area contributed by atoms with E-state index >= 15 is 0 Å². The summed E-state index contributed by atoms with van der Waals surface area (Å²) in [4.78, 5) is -0.101. The highest BCUT2D eigenvalue weighted by atomic mass is 32.2. The highest BCUT2D eigenvalue weighted by Crippen LogP contribution is 2.20. The van der Waals surface area contributed by atoms with Crippen molar-refractivity contribution in [2.75, 3.05) is 13.2 Å². The molecule has 2 aromatic carbocycles. The van der Waals surface area contributed by atoms with Gasteiger partial charge in [0, 0.05) is 13.2 Å². The molecule has 0 saturated carbocycles. The summed E-state index contributed by atoms with van der Waals surface area (Å²) in [6.45, 7) is 1.68. The molecule has 0 spiro atoms. The molecule has 0 aliphatic carbocycles. The van der Waals surface area contributed by atoms with Crippen LogP contribution in [0.1, 0.15) is 23.5 Å². The molecule has 6 heteroatoms. The predicted molar refractivity (Wildman–Crippen MR) is 87.2 cm³/mol. The number of aliphatic hydroxyl groups excluding tert-OH is 1. The summed E-state index contributed by atoms with van der Waals surface area (Å²) in [7, 11) is -3.79. The topological polar surface area (TPSA) is 66.4 Å². The summed E-state index contributed by atoms with van der Waals surface area (Å²) < 4.78 is 40.7. The largest absolute Gasteiger partial charge is 0.396 e. The molecule has 0 bridgehead atoms. The molecule has 1 atom stereocenters. The molecule has 0 aromatic heterocycles. The third-order valence-electron chi connectivity index (χ3n) is 3.72. The number of halogens is 1. The highest BCUT2D eigenvalue weighted by molar-refractivity contribution is 7.89. The lowest BCUT2D eigenvalue weighted by Crippen LogP contribution is -2.29. The number of benzene rings is 2. The van der Waals surface area contributed by atoms with Gasteiger partial charge in [-0.05, 0) is 42.5 Å². The number of aliphatic hydroxyl groups is 1. The van der Waals surface area contributed by atoms with Crippen LogP contribution in [0.3, 0.4) is 0 Å². The minimum Gasteiger partial charge on any atom is -0.396 e. The van der Waals surface area contributed by atoms with Crippen LogP contribution in [0.2, 0.25) is 0 Å². The van der Waals surface area contributed by atoms with Crippen LogP contribution in [-0.2, 0) is 10.0 Å². The molecule has 0 fully saturated rings. The predicted octanol–water partition coefficient (Wildman–Crippen LogP) is 2.58. The standard InChI is InChI=1S/C17H20FNO3S/c1-13-7-8-16(11-17(13)18)23(21,22)19-12-15(9-10-20)14-5-3-2-4-6-14/h2-8,11,15,19-20H,9-10,12H2,1H3. The number of rotatable bonds is 7. The smallest absolute Gasteiger partial charge is 0.240 e. The lowest BCUT2D eigenvalue weighted by molar-refractivity contribution is 0.275. The van der Waals surface area contributed by atoms with Gasteiger partial charge in [-0.2, -0.15) is 0 Å². The second-order valence-electron chi connectivity index (χ2n) is 5.38. The monoisotopic (exact) mass is 337 g/mol. The second-order valence-corrected chi connectivity index (χ2v) is 7.15. The molecule has 23 heavy (non-hydrogen) atoms. The van der Waals surface area contributed by atoms with Crippen LogP contribution in [0.15, 0.2) is 53.4 Å². The van der Waals surface area contributed by atoms with E-state index in [0.29, 0.717) is 12.0 Å². The minimum atomic E-state index is -3.79. The van der Waals surface area contributed by atoms with Gasteiger partial charge in [-0.15, -0.1) is 0 Å². The highest BCUT2D eigenvalue weighted by Gasteiger charge is 2.19. The molecule has 2 aromatic rings. The van der Waals surface area contributed by atoms with Crippen molar-refractivity contribution in [3.63, 3.8) is 0 Å². The SMILES string of the molecule is Cc1ccc(S(=O)(=O)NCC(CCO)c2ccccc2)cc1F. The summed E-state index contributed by atoms with van der Waals surface area (Å²) in [6, 6.07) is 13.2. The summed E-state index contributed by atoms with van der Waals surface area (Å²) in [5.74, 6) is -0.700. The summed E-state index contributed by atoms with van der Waals surface area (Å²) in [5, 5.41) is 9.18. The minimum absolute atomic E-state index is 0.0412. The zero-order valence-corrected chi connectivity index (χ0v) is 13.7. The molecule has 124 valence electrons. The Morgan fingerprint density at radius 3 is 2.48 bits per heavy atom. The Morgan fingerprint density at radius 2 is 1.87 bits per heavy atom. The number of aryl methyl sites for hydroxylation is 1. The zero-order chi connectivity index (χ0) is 16.9. The third-order valence-corrected chi connectivity index (χ3v) is 5.14. The Balaban J connectivity index is 2.14. The zero-order valence-electron chi connectivity index (χ0n) is 12.9. The van der Waals surface area contributed by atoms with Gasteiger partial charge in [0.2, 0.25) is 10.0 Å². The van der Waals surface area contributed by atoms with Crippen molar-refractivity contribution in [3.05, 3.63) is 65.5 Å². The molecular weight excluding hydrogens is 317 g/mol. The van der Waals surface area contributed by atoms with Gasteiger partial charge in [0.15, 0.2) is 0 Å². The first-order valence-corrected chi connectivity index (χ1v) is 8.84. The maximum atomic E-state index is 13.6. The molecule has 0 aliphatic rings. The van der Waals surface area contributed by atoms with Crippen LogP contribution in [0.5, 0.6) is 0 Å². The fourth-order valence-corrected chi connectivity index (χ4v) is 3.40. The Bertz CT molecular complexity index is 748. The molecule has 4 nitrogen and oxygen atoms in total. The van der Waals surface area contributed by atoms with Crippen LogP contribution in [-0.4, -0.2) is 26.7 Å². The first kappa shape index (κ1) is 17.6. The Labute approximate surface area is 136 Å². The first-order chi connectivity index (χ1) is 10.9. The van der Waals surface area contributed by atoms with E-state index in [1.807, 2.05) is 30.3 Å². The Kier molecular flexibility index (Phi) is 5.87. The molecule has 0 radical (unpaired) electrons. The van der Waals surface area contributed by atoms with Crippen LogP contribution in [0.4, 0.5) is 4.39 Å². The molecule has 0 saturated heterocycles. The first-order valence-electron chi connectivity index (χ1n) is 7.35. The van der Waals surface area contributed by atoms with Gasteiger partial charge in [0.05, 0.1) is 4.90 Å². The Morgan fingerprint density at radius 1 is 1.17 bits per heavy atom. The molecule has 1 unspecified atom stereocenters. The molecule has 0 aliphatic heterocycles. The van der Waals surface area contributed by atoms with Crippen molar-refractivity contribution < 1.29 is 17.9 Å². The van der Waals surface area contributed by atoms with E-state index in [9.17, 15) is 17.9 Å². The van der Waals surface area contributed by atoms with Crippen molar-refractivity contribution in [1.29, 1.82) is 0 Å². The van der Waals surface area contributed by atoms with Gasteiger partial charge >= 0.3 is 0 Å². The molecule has 0 amide bonds. The second kappa shape index (κ2) is 7.68. The van der Waals surface area contributed by atoms with Crippen LogP contribution >= 0.6 is 0 Å². The van der Waals surface area contributed by atoms with Gasteiger partial charge in [0.1, 0.15) is 5.82 Å². The van der Waals surface area contributed by atoms with Crippen molar-refractivity contribution in [2.45, 2.75) is 24.2 Å². The number of nitrogens with one attached hydrogen (secondary N) is 1. The summed E-state index contributed by atoms with van der Waals surface area (Å²) >= 11 is 0. The number of sulfonamides is 1. The number of hydrogen-bond donors (Lipinski definition) is 2. The van der Waals surface area contributed by atoms with Gasteiger partial charge < -0.3 is 5.11 Å². The third kappa shape index (κ3) is 4.60. The summed E-state index contributed by atoms with van der Waals surface area (Å²) in [5.41, 5.74) is 1.34. The Hall–Kier alpha value is -1.76. The van der Waals surface area contributed by atoms with Crippen molar-refractivity contribution in [1.82, 2.24) is 4.72 Å². The average molecular weight is 337 g/mol. The normalized spacial score (nSPS) is 13.0. The van der Waals surface area contributed by atoms with Crippen LogP contribution in [0.25, 0.3) is 0 Å². The summed E-state index contributed by atoms with van der Waals surface area (Å²) in [6.07, 6.45) is 0.439.